The molecule has 0 aromatic rings. The van der Waals surface area contributed by atoms with Crippen LogP contribution in [0.5, 0.6) is 0 Å². The molecule has 0 aromatic carbocycles. The highest BCUT2D eigenvalue weighted by Gasteiger charge is 2.21. The van der Waals surface area contributed by atoms with E-state index >= 15 is 0 Å². The summed E-state index contributed by atoms with van der Waals surface area (Å²) >= 11 is 0. The molecule has 0 amide bonds. The van der Waals surface area contributed by atoms with Crippen LogP contribution in [0.25, 0.3) is 0 Å². The highest BCUT2D eigenvalue weighted by molar-refractivity contribution is 7.89. The molecule has 1 aliphatic heterocycles. The van der Waals surface area contributed by atoms with Gasteiger partial charge >= 0.3 is 0 Å². The summed E-state index contributed by atoms with van der Waals surface area (Å²) in [4.78, 5) is 2.28. The second-order valence-electron chi connectivity index (χ2n) is 6.02. The monoisotopic (exact) mass is 289 g/mol. The van der Waals surface area contributed by atoms with E-state index in [9.17, 15) is 8.42 Å². The third kappa shape index (κ3) is 6.21. The Morgan fingerprint density at radius 3 is 2.74 bits per heavy atom. The van der Waals surface area contributed by atoms with Gasteiger partial charge in [-0.05, 0) is 58.2 Å². The summed E-state index contributed by atoms with van der Waals surface area (Å²) in [6.07, 6.45) is 5.51. The van der Waals surface area contributed by atoms with Crippen molar-refractivity contribution in [1.82, 2.24) is 14.9 Å². The maximum atomic E-state index is 11.9. The second-order valence-corrected chi connectivity index (χ2v) is 7.95. The number of nitrogens with zero attached hydrogens (tertiary/aromatic N) is 1. The van der Waals surface area contributed by atoms with Crippen LogP contribution in [0.15, 0.2) is 0 Å². The van der Waals surface area contributed by atoms with Crippen molar-refractivity contribution in [2.75, 3.05) is 39.0 Å². The molecule has 0 spiro atoms. The summed E-state index contributed by atoms with van der Waals surface area (Å²) in [7, 11) is -0.983. The fraction of sp³-hybridized carbons (Fsp3) is 1.00. The van der Waals surface area contributed by atoms with E-state index in [1.54, 1.807) is 0 Å². The van der Waals surface area contributed by atoms with Gasteiger partial charge in [-0.3, -0.25) is 0 Å². The van der Waals surface area contributed by atoms with Gasteiger partial charge in [0.25, 0.3) is 0 Å². The third-order valence-corrected chi connectivity index (χ3v) is 5.35. The zero-order chi connectivity index (χ0) is 13.7. The van der Waals surface area contributed by atoms with Crippen molar-refractivity contribution < 1.29 is 8.42 Å². The van der Waals surface area contributed by atoms with Gasteiger partial charge in [0.2, 0.25) is 10.0 Å². The van der Waals surface area contributed by atoms with Crippen LogP contribution in [0.2, 0.25) is 0 Å². The lowest BCUT2D eigenvalue weighted by Crippen LogP contribution is -2.39. The third-order valence-electron chi connectivity index (χ3n) is 3.91. The maximum absolute atomic E-state index is 11.9. The molecule has 19 heavy (non-hydrogen) atoms. The zero-order valence-electron chi connectivity index (χ0n) is 11.9. The second kappa shape index (κ2) is 7.02. The smallest absolute Gasteiger partial charge is 0.211 e. The molecule has 2 N–H and O–H groups in total. The molecule has 0 radical (unpaired) electrons. The number of rotatable bonds is 8. The summed E-state index contributed by atoms with van der Waals surface area (Å²) in [5.74, 6) is 0.716. The Hall–Kier alpha value is -0.170. The summed E-state index contributed by atoms with van der Waals surface area (Å²) in [5, 5.41) is 3.34. The lowest BCUT2D eigenvalue weighted by atomic mass is 9.99. The summed E-state index contributed by atoms with van der Waals surface area (Å²) in [6.45, 7) is 3.56. The standard InChI is InChI=1S/C13H27N3O2S/c1-16-8-2-4-12(11-16)10-15-19(17,18)9-3-7-14-13-5-6-13/h12-15H,2-11H2,1H3. The van der Waals surface area contributed by atoms with Crippen LogP contribution in [0.4, 0.5) is 0 Å². The highest BCUT2D eigenvalue weighted by atomic mass is 32.2. The van der Waals surface area contributed by atoms with Gasteiger partial charge in [-0.15, -0.1) is 0 Å². The molecule has 0 aromatic heterocycles. The minimum atomic E-state index is -3.08. The van der Waals surface area contributed by atoms with Crippen molar-refractivity contribution in [3.63, 3.8) is 0 Å². The van der Waals surface area contributed by atoms with E-state index in [2.05, 4.69) is 22.0 Å². The number of hydrogen-bond acceptors (Lipinski definition) is 4. The first-order valence-corrected chi connectivity index (χ1v) is 9.10. The Kier molecular flexibility index (Phi) is 5.62. The Morgan fingerprint density at radius 2 is 2.05 bits per heavy atom. The van der Waals surface area contributed by atoms with E-state index < -0.39 is 10.0 Å². The number of piperidine rings is 1. The molecular weight excluding hydrogens is 262 g/mol. The molecule has 1 saturated carbocycles. The highest BCUT2D eigenvalue weighted by Crippen LogP contribution is 2.18. The van der Waals surface area contributed by atoms with Crippen LogP contribution in [0, 0.1) is 5.92 Å². The molecule has 1 atom stereocenters. The van der Waals surface area contributed by atoms with E-state index in [1.165, 1.54) is 19.3 Å². The molecule has 1 saturated heterocycles. The molecule has 2 rings (SSSR count). The average molecular weight is 289 g/mol. The number of hydrogen-bond donors (Lipinski definition) is 2. The van der Waals surface area contributed by atoms with Crippen LogP contribution in [-0.2, 0) is 10.0 Å². The van der Waals surface area contributed by atoms with Gasteiger partial charge in [-0.2, -0.15) is 0 Å². The van der Waals surface area contributed by atoms with Gasteiger partial charge < -0.3 is 10.2 Å². The van der Waals surface area contributed by atoms with Gasteiger partial charge in [0.05, 0.1) is 5.75 Å². The fourth-order valence-electron chi connectivity index (χ4n) is 2.61. The Labute approximate surface area is 117 Å². The molecule has 0 bridgehead atoms. The quantitative estimate of drug-likeness (QED) is 0.635. The lowest BCUT2D eigenvalue weighted by molar-refractivity contribution is 0.211. The Morgan fingerprint density at radius 1 is 1.26 bits per heavy atom. The number of nitrogens with one attached hydrogen (secondary N) is 2. The van der Waals surface area contributed by atoms with E-state index in [0.717, 1.165) is 26.1 Å². The van der Waals surface area contributed by atoms with Crippen molar-refractivity contribution in [3.05, 3.63) is 0 Å². The first kappa shape index (κ1) is 15.2. The molecule has 1 heterocycles. The number of sulfonamides is 1. The van der Waals surface area contributed by atoms with Gasteiger partial charge in [0.1, 0.15) is 0 Å². The molecule has 1 aliphatic carbocycles. The lowest BCUT2D eigenvalue weighted by Gasteiger charge is -2.29. The summed E-state index contributed by atoms with van der Waals surface area (Å²) < 4.78 is 26.5. The van der Waals surface area contributed by atoms with Crippen LogP contribution >= 0.6 is 0 Å². The SMILES string of the molecule is CN1CCCC(CNS(=O)(=O)CCCNC2CC2)C1. The molecular formula is C13H27N3O2S. The first-order valence-electron chi connectivity index (χ1n) is 7.44. The number of likely N-dealkylation sites (tertiary alicyclic amines) is 1. The van der Waals surface area contributed by atoms with Gasteiger partial charge in [-0.1, -0.05) is 0 Å². The van der Waals surface area contributed by atoms with Gasteiger partial charge in [0, 0.05) is 19.1 Å². The molecule has 6 heteroatoms. The largest absolute Gasteiger partial charge is 0.314 e. The van der Waals surface area contributed by atoms with E-state index in [-0.39, 0.29) is 5.75 Å². The zero-order valence-corrected chi connectivity index (χ0v) is 12.7. The summed E-state index contributed by atoms with van der Waals surface area (Å²) in [5.41, 5.74) is 0. The van der Waals surface area contributed by atoms with E-state index in [0.29, 0.717) is 24.9 Å². The van der Waals surface area contributed by atoms with Crippen LogP contribution in [-0.4, -0.2) is 58.3 Å². The molecule has 2 aliphatic rings. The molecule has 2 fully saturated rings. The van der Waals surface area contributed by atoms with Crippen LogP contribution < -0.4 is 10.0 Å². The molecule has 112 valence electrons. The minimum Gasteiger partial charge on any atom is -0.314 e. The van der Waals surface area contributed by atoms with Crippen molar-refractivity contribution in [1.29, 1.82) is 0 Å². The molecule has 5 nitrogen and oxygen atoms in total. The first-order chi connectivity index (χ1) is 9.05. The van der Waals surface area contributed by atoms with Crippen molar-refractivity contribution >= 4 is 10.0 Å². The topological polar surface area (TPSA) is 61.4 Å². The fourth-order valence-corrected chi connectivity index (χ4v) is 3.77. The predicted molar refractivity (Wildman–Crippen MR) is 77.7 cm³/mol. The summed E-state index contributed by atoms with van der Waals surface area (Å²) in [6, 6.07) is 0.661. The minimum absolute atomic E-state index is 0.245. The van der Waals surface area contributed by atoms with Crippen molar-refractivity contribution in [2.24, 2.45) is 5.92 Å². The van der Waals surface area contributed by atoms with Gasteiger partial charge in [-0.25, -0.2) is 13.1 Å². The van der Waals surface area contributed by atoms with Crippen molar-refractivity contribution in [3.8, 4) is 0 Å². The Bertz CT molecular complexity index is 368. The van der Waals surface area contributed by atoms with Crippen LogP contribution in [0.1, 0.15) is 32.1 Å². The maximum Gasteiger partial charge on any atom is 0.211 e. The van der Waals surface area contributed by atoms with E-state index in [1.807, 2.05) is 0 Å². The predicted octanol–water partition coefficient (Wildman–Crippen LogP) is 0.390. The normalized spacial score (nSPS) is 25.6. The van der Waals surface area contributed by atoms with Crippen molar-refractivity contribution in [2.45, 2.75) is 38.1 Å². The average Bonchev–Trinajstić information content (AvgIpc) is 3.17. The molecule has 1 unspecified atom stereocenters. The van der Waals surface area contributed by atoms with Crippen LogP contribution in [0.3, 0.4) is 0 Å². The van der Waals surface area contributed by atoms with Gasteiger partial charge in [0.15, 0.2) is 0 Å². The van der Waals surface area contributed by atoms with E-state index in [4.69, 9.17) is 0 Å². The Balaban J connectivity index is 1.59.